The van der Waals surface area contributed by atoms with Crippen LogP contribution in [-0.4, -0.2) is 18.9 Å². The zero-order chi connectivity index (χ0) is 10.7. The molecule has 0 aliphatic carbocycles. The lowest BCUT2D eigenvalue weighted by atomic mass is 10.0. The molecule has 0 spiro atoms. The second-order valence-electron chi connectivity index (χ2n) is 3.75. The van der Waals surface area contributed by atoms with Gasteiger partial charge in [-0.2, -0.15) is 0 Å². The minimum absolute atomic E-state index is 0.115. The molecule has 2 heteroatoms. The number of aryl methyl sites for hydroxylation is 2. The van der Waals surface area contributed by atoms with Gasteiger partial charge < -0.3 is 5.32 Å². The fourth-order valence-electron chi connectivity index (χ4n) is 1.50. The summed E-state index contributed by atoms with van der Waals surface area (Å²) in [6.45, 7) is 5.89. The molecular formula is C12H17NO. The molecule has 0 saturated carbocycles. The fourth-order valence-corrected chi connectivity index (χ4v) is 1.50. The summed E-state index contributed by atoms with van der Waals surface area (Å²) in [4.78, 5) is 11.8. The zero-order valence-corrected chi connectivity index (χ0v) is 9.22. The molecule has 0 saturated heterocycles. The van der Waals surface area contributed by atoms with Gasteiger partial charge in [-0.3, -0.25) is 4.79 Å². The SMILES string of the molecule is CNC(C)C(=O)c1cc(C)cc(C)c1. The first kappa shape index (κ1) is 10.9. The van der Waals surface area contributed by atoms with E-state index in [9.17, 15) is 4.79 Å². The number of hydrogen-bond acceptors (Lipinski definition) is 2. The Balaban J connectivity index is 3.01. The van der Waals surface area contributed by atoms with Crippen LogP contribution in [0.25, 0.3) is 0 Å². The number of nitrogens with one attached hydrogen (secondary N) is 1. The van der Waals surface area contributed by atoms with Crippen molar-refractivity contribution in [2.24, 2.45) is 0 Å². The summed E-state index contributed by atoms with van der Waals surface area (Å²) in [5, 5.41) is 2.95. The summed E-state index contributed by atoms with van der Waals surface area (Å²) in [5.41, 5.74) is 3.07. The van der Waals surface area contributed by atoms with Gasteiger partial charge in [0, 0.05) is 5.56 Å². The topological polar surface area (TPSA) is 29.1 Å². The highest BCUT2D eigenvalue weighted by molar-refractivity contribution is 6.00. The average molecular weight is 191 g/mol. The van der Waals surface area contributed by atoms with Crippen LogP contribution in [0.4, 0.5) is 0 Å². The van der Waals surface area contributed by atoms with Crippen molar-refractivity contribution in [3.05, 3.63) is 34.9 Å². The Bertz CT molecular complexity index is 324. The maximum absolute atomic E-state index is 11.8. The summed E-state index contributed by atoms with van der Waals surface area (Å²) >= 11 is 0. The molecule has 76 valence electrons. The molecule has 14 heavy (non-hydrogen) atoms. The van der Waals surface area contributed by atoms with Crippen LogP contribution in [0, 0.1) is 13.8 Å². The van der Waals surface area contributed by atoms with E-state index in [0.29, 0.717) is 0 Å². The molecule has 0 aliphatic heterocycles. The molecule has 0 amide bonds. The molecular weight excluding hydrogens is 174 g/mol. The summed E-state index contributed by atoms with van der Waals surface area (Å²) in [7, 11) is 1.80. The third kappa shape index (κ3) is 2.42. The summed E-state index contributed by atoms with van der Waals surface area (Å²) in [6.07, 6.45) is 0. The van der Waals surface area contributed by atoms with E-state index in [1.807, 2.05) is 32.9 Å². The molecule has 0 fully saturated rings. The molecule has 2 nitrogen and oxygen atoms in total. The third-order valence-corrected chi connectivity index (χ3v) is 2.33. The molecule has 0 heterocycles. The van der Waals surface area contributed by atoms with Gasteiger partial charge in [0.05, 0.1) is 6.04 Å². The smallest absolute Gasteiger partial charge is 0.179 e. The van der Waals surface area contributed by atoms with E-state index < -0.39 is 0 Å². The van der Waals surface area contributed by atoms with Crippen LogP contribution in [0.5, 0.6) is 0 Å². The molecule has 1 rings (SSSR count). The molecule has 1 N–H and O–H groups in total. The van der Waals surface area contributed by atoms with E-state index in [-0.39, 0.29) is 11.8 Å². The predicted molar refractivity (Wildman–Crippen MR) is 58.8 cm³/mol. The largest absolute Gasteiger partial charge is 0.310 e. The first-order valence-electron chi connectivity index (χ1n) is 4.84. The van der Waals surface area contributed by atoms with Gasteiger partial charge in [0.15, 0.2) is 5.78 Å². The number of hydrogen-bond donors (Lipinski definition) is 1. The summed E-state index contributed by atoms with van der Waals surface area (Å²) in [5.74, 6) is 0.152. The van der Waals surface area contributed by atoms with E-state index >= 15 is 0 Å². The van der Waals surface area contributed by atoms with Gasteiger partial charge in [0.25, 0.3) is 0 Å². The average Bonchev–Trinajstić information content (AvgIpc) is 2.14. The van der Waals surface area contributed by atoms with Gasteiger partial charge in [-0.1, -0.05) is 17.2 Å². The minimum Gasteiger partial charge on any atom is -0.310 e. The molecule has 1 aromatic carbocycles. The normalized spacial score (nSPS) is 12.6. The molecule has 1 atom stereocenters. The molecule has 0 bridgehead atoms. The first-order valence-corrected chi connectivity index (χ1v) is 4.84. The maximum atomic E-state index is 11.8. The Hall–Kier alpha value is -1.15. The monoisotopic (exact) mass is 191 g/mol. The number of carbonyl (C=O) groups excluding carboxylic acids is 1. The highest BCUT2D eigenvalue weighted by Gasteiger charge is 2.13. The molecule has 0 aromatic heterocycles. The standard InChI is InChI=1S/C12H17NO/c1-8-5-9(2)7-11(6-8)12(14)10(3)13-4/h5-7,10,13H,1-4H3. The van der Waals surface area contributed by atoms with Gasteiger partial charge in [-0.15, -0.1) is 0 Å². The Morgan fingerprint density at radius 1 is 1.21 bits per heavy atom. The molecule has 1 unspecified atom stereocenters. The summed E-state index contributed by atoms with van der Waals surface area (Å²) < 4.78 is 0. The highest BCUT2D eigenvalue weighted by Crippen LogP contribution is 2.10. The number of carbonyl (C=O) groups is 1. The van der Waals surface area contributed by atoms with Crippen molar-refractivity contribution in [1.82, 2.24) is 5.32 Å². The third-order valence-electron chi connectivity index (χ3n) is 2.33. The lowest BCUT2D eigenvalue weighted by Crippen LogP contribution is -2.30. The molecule has 0 radical (unpaired) electrons. The van der Waals surface area contributed by atoms with Crippen LogP contribution < -0.4 is 5.32 Å². The van der Waals surface area contributed by atoms with Gasteiger partial charge in [0.1, 0.15) is 0 Å². The van der Waals surface area contributed by atoms with Crippen molar-refractivity contribution >= 4 is 5.78 Å². The molecule has 0 aliphatic rings. The Kier molecular flexibility index (Phi) is 3.42. The lowest BCUT2D eigenvalue weighted by molar-refractivity contribution is 0.0955. The summed E-state index contributed by atoms with van der Waals surface area (Å²) in [6, 6.07) is 5.82. The first-order chi connectivity index (χ1) is 6.54. The maximum Gasteiger partial charge on any atom is 0.179 e. The van der Waals surface area contributed by atoms with E-state index in [0.717, 1.165) is 16.7 Å². The number of likely N-dealkylation sites (N-methyl/N-ethyl adjacent to an activating group) is 1. The fraction of sp³-hybridized carbons (Fsp3) is 0.417. The van der Waals surface area contributed by atoms with Crippen LogP contribution in [0.15, 0.2) is 18.2 Å². The van der Waals surface area contributed by atoms with Gasteiger partial charge >= 0.3 is 0 Å². The van der Waals surface area contributed by atoms with Crippen molar-refractivity contribution in [3.63, 3.8) is 0 Å². The second kappa shape index (κ2) is 4.38. The Morgan fingerprint density at radius 2 is 1.71 bits per heavy atom. The van der Waals surface area contributed by atoms with E-state index in [2.05, 4.69) is 11.4 Å². The quantitative estimate of drug-likeness (QED) is 0.741. The van der Waals surface area contributed by atoms with Crippen molar-refractivity contribution in [2.45, 2.75) is 26.8 Å². The predicted octanol–water partition coefficient (Wildman–Crippen LogP) is 2.09. The van der Waals surface area contributed by atoms with Crippen LogP contribution in [0.3, 0.4) is 0 Å². The van der Waals surface area contributed by atoms with Crippen molar-refractivity contribution in [3.8, 4) is 0 Å². The van der Waals surface area contributed by atoms with Crippen LogP contribution in [0.2, 0.25) is 0 Å². The zero-order valence-electron chi connectivity index (χ0n) is 9.22. The minimum atomic E-state index is -0.115. The van der Waals surface area contributed by atoms with Crippen LogP contribution in [0.1, 0.15) is 28.4 Å². The van der Waals surface area contributed by atoms with Gasteiger partial charge in [-0.25, -0.2) is 0 Å². The van der Waals surface area contributed by atoms with E-state index in [1.54, 1.807) is 7.05 Å². The second-order valence-corrected chi connectivity index (χ2v) is 3.75. The number of benzene rings is 1. The Labute approximate surface area is 85.3 Å². The van der Waals surface area contributed by atoms with Gasteiger partial charge in [0.2, 0.25) is 0 Å². The molecule has 1 aromatic rings. The number of rotatable bonds is 3. The van der Waals surface area contributed by atoms with Crippen LogP contribution in [-0.2, 0) is 0 Å². The van der Waals surface area contributed by atoms with Gasteiger partial charge in [-0.05, 0) is 40.0 Å². The van der Waals surface area contributed by atoms with E-state index in [1.165, 1.54) is 0 Å². The Morgan fingerprint density at radius 3 is 2.14 bits per heavy atom. The van der Waals surface area contributed by atoms with E-state index in [4.69, 9.17) is 0 Å². The van der Waals surface area contributed by atoms with Crippen molar-refractivity contribution in [1.29, 1.82) is 0 Å². The highest BCUT2D eigenvalue weighted by atomic mass is 16.1. The van der Waals surface area contributed by atoms with Crippen molar-refractivity contribution < 1.29 is 4.79 Å². The number of Topliss-reactive ketones (excluding diaryl/α,β-unsaturated/α-hetero) is 1. The van der Waals surface area contributed by atoms with Crippen LogP contribution >= 0.6 is 0 Å². The van der Waals surface area contributed by atoms with Crippen molar-refractivity contribution in [2.75, 3.05) is 7.05 Å². The number of ketones is 1. The lowest BCUT2D eigenvalue weighted by Gasteiger charge is -2.10.